The fourth-order valence-corrected chi connectivity index (χ4v) is 2.60. The third kappa shape index (κ3) is 3.30. The van der Waals surface area contributed by atoms with Gasteiger partial charge in [0, 0.05) is 31.2 Å². The van der Waals surface area contributed by atoms with Gasteiger partial charge in [0.2, 0.25) is 5.89 Å². The van der Waals surface area contributed by atoms with Crippen molar-refractivity contribution in [2.45, 2.75) is 25.8 Å². The molecule has 0 spiro atoms. The van der Waals surface area contributed by atoms with Crippen LogP contribution in [-0.2, 0) is 4.74 Å². The third-order valence-electron chi connectivity index (χ3n) is 3.78. The molecule has 2 aromatic heterocycles. The van der Waals surface area contributed by atoms with E-state index in [1.54, 1.807) is 31.5 Å². The molecule has 0 radical (unpaired) electrons. The van der Waals surface area contributed by atoms with Crippen molar-refractivity contribution in [3.8, 4) is 0 Å². The molecule has 1 aliphatic heterocycles. The fourth-order valence-electron chi connectivity index (χ4n) is 2.60. The molecule has 1 fully saturated rings. The molecule has 7 nitrogen and oxygen atoms in total. The van der Waals surface area contributed by atoms with Crippen LogP contribution in [0.1, 0.15) is 41.0 Å². The van der Waals surface area contributed by atoms with E-state index in [-0.39, 0.29) is 17.9 Å². The van der Waals surface area contributed by atoms with Crippen LogP contribution in [0.4, 0.5) is 0 Å². The van der Waals surface area contributed by atoms with Gasteiger partial charge in [-0.1, -0.05) is 5.16 Å². The van der Waals surface area contributed by atoms with Gasteiger partial charge in [0.1, 0.15) is 6.04 Å². The zero-order valence-corrected chi connectivity index (χ0v) is 12.4. The number of nitrogens with one attached hydrogen (secondary N) is 1. The largest absolute Gasteiger partial charge is 0.381 e. The number of aryl methyl sites for hydroxylation is 1. The van der Waals surface area contributed by atoms with E-state index in [2.05, 4.69) is 20.4 Å². The Labute approximate surface area is 128 Å². The molecule has 1 N–H and O–H groups in total. The molecule has 0 saturated carbocycles. The molecule has 1 amide bonds. The van der Waals surface area contributed by atoms with E-state index < -0.39 is 0 Å². The van der Waals surface area contributed by atoms with E-state index in [9.17, 15) is 4.79 Å². The Hall–Kier alpha value is -2.28. The lowest BCUT2D eigenvalue weighted by Crippen LogP contribution is -2.36. The SMILES string of the molecule is Cc1noc(C(NC(=O)c2ccncc2)C2CCOCC2)n1. The normalized spacial score (nSPS) is 17.1. The minimum atomic E-state index is -0.300. The predicted molar refractivity (Wildman–Crippen MR) is 77.0 cm³/mol. The first kappa shape index (κ1) is 14.6. The van der Waals surface area contributed by atoms with Crippen LogP contribution in [0.25, 0.3) is 0 Å². The van der Waals surface area contributed by atoms with Crippen LogP contribution in [0, 0.1) is 12.8 Å². The quantitative estimate of drug-likeness (QED) is 0.924. The van der Waals surface area contributed by atoms with Crippen molar-refractivity contribution in [3.63, 3.8) is 0 Å². The number of nitrogens with zero attached hydrogens (tertiary/aromatic N) is 3. The molecule has 1 saturated heterocycles. The Morgan fingerprint density at radius 2 is 2.05 bits per heavy atom. The van der Waals surface area contributed by atoms with Crippen LogP contribution in [0.3, 0.4) is 0 Å². The number of aromatic nitrogens is 3. The Morgan fingerprint density at radius 3 is 2.68 bits per heavy atom. The lowest BCUT2D eigenvalue weighted by molar-refractivity contribution is 0.0468. The van der Waals surface area contributed by atoms with Gasteiger partial charge >= 0.3 is 0 Å². The molecule has 2 aromatic rings. The molecule has 22 heavy (non-hydrogen) atoms. The minimum absolute atomic E-state index is 0.172. The van der Waals surface area contributed by atoms with Crippen LogP contribution in [0.2, 0.25) is 0 Å². The summed E-state index contributed by atoms with van der Waals surface area (Å²) in [6.45, 7) is 3.12. The van der Waals surface area contributed by atoms with Crippen molar-refractivity contribution in [1.29, 1.82) is 0 Å². The van der Waals surface area contributed by atoms with Gasteiger partial charge in [0.05, 0.1) is 0 Å². The molecule has 1 aliphatic rings. The molecule has 1 atom stereocenters. The predicted octanol–water partition coefficient (Wildman–Crippen LogP) is 1.67. The molecule has 0 aromatic carbocycles. The van der Waals surface area contributed by atoms with Gasteiger partial charge in [0.25, 0.3) is 5.91 Å². The van der Waals surface area contributed by atoms with Gasteiger partial charge < -0.3 is 14.6 Å². The van der Waals surface area contributed by atoms with Crippen LogP contribution < -0.4 is 5.32 Å². The molecular formula is C15H18N4O3. The molecule has 0 bridgehead atoms. The van der Waals surface area contributed by atoms with Crippen LogP contribution >= 0.6 is 0 Å². The van der Waals surface area contributed by atoms with E-state index >= 15 is 0 Å². The van der Waals surface area contributed by atoms with Gasteiger partial charge in [-0.15, -0.1) is 0 Å². The smallest absolute Gasteiger partial charge is 0.252 e. The summed E-state index contributed by atoms with van der Waals surface area (Å²) < 4.78 is 10.7. The van der Waals surface area contributed by atoms with E-state index in [0.717, 1.165) is 12.8 Å². The number of hydrogen-bond donors (Lipinski definition) is 1. The number of carbonyl (C=O) groups is 1. The van der Waals surface area contributed by atoms with Crippen molar-refractivity contribution in [2.75, 3.05) is 13.2 Å². The monoisotopic (exact) mass is 302 g/mol. The second kappa shape index (κ2) is 6.65. The first-order valence-corrected chi connectivity index (χ1v) is 7.33. The van der Waals surface area contributed by atoms with Gasteiger partial charge in [-0.05, 0) is 37.8 Å². The summed E-state index contributed by atoms with van der Waals surface area (Å²) in [4.78, 5) is 20.6. The lowest BCUT2D eigenvalue weighted by Gasteiger charge is -2.28. The highest BCUT2D eigenvalue weighted by Crippen LogP contribution is 2.29. The highest BCUT2D eigenvalue weighted by Gasteiger charge is 2.31. The van der Waals surface area contributed by atoms with E-state index in [0.29, 0.717) is 30.5 Å². The second-order valence-electron chi connectivity index (χ2n) is 5.32. The second-order valence-corrected chi connectivity index (χ2v) is 5.32. The topological polar surface area (TPSA) is 90.1 Å². The summed E-state index contributed by atoms with van der Waals surface area (Å²) in [5, 5.41) is 6.85. The zero-order valence-electron chi connectivity index (χ0n) is 12.4. The van der Waals surface area contributed by atoms with Crippen molar-refractivity contribution < 1.29 is 14.1 Å². The zero-order chi connectivity index (χ0) is 15.4. The van der Waals surface area contributed by atoms with E-state index in [1.165, 1.54) is 0 Å². The summed E-state index contributed by atoms with van der Waals surface area (Å²) >= 11 is 0. The molecule has 7 heteroatoms. The van der Waals surface area contributed by atoms with Crippen molar-refractivity contribution in [1.82, 2.24) is 20.4 Å². The molecule has 1 unspecified atom stereocenters. The number of hydrogen-bond acceptors (Lipinski definition) is 6. The molecule has 116 valence electrons. The maximum Gasteiger partial charge on any atom is 0.252 e. The standard InChI is InChI=1S/C15H18N4O3/c1-10-17-15(22-19-10)13(11-4-8-21-9-5-11)18-14(20)12-2-6-16-7-3-12/h2-3,6-7,11,13H,4-5,8-9H2,1H3,(H,18,20). The summed E-state index contributed by atoms with van der Waals surface area (Å²) in [5.74, 6) is 1.06. The van der Waals surface area contributed by atoms with Crippen LogP contribution in [0.15, 0.2) is 29.0 Å². The number of rotatable bonds is 4. The van der Waals surface area contributed by atoms with Crippen molar-refractivity contribution >= 4 is 5.91 Å². The van der Waals surface area contributed by atoms with Crippen LogP contribution in [-0.4, -0.2) is 34.2 Å². The maximum absolute atomic E-state index is 12.4. The summed E-state index contributed by atoms with van der Waals surface area (Å²) in [6.07, 6.45) is 4.88. The maximum atomic E-state index is 12.4. The first-order valence-electron chi connectivity index (χ1n) is 7.33. The van der Waals surface area contributed by atoms with Gasteiger partial charge in [-0.25, -0.2) is 0 Å². The minimum Gasteiger partial charge on any atom is -0.381 e. The van der Waals surface area contributed by atoms with Crippen molar-refractivity contribution in [2.24, 2.45) is 5.92 Å². The van der Waals surface area contributed by atoms with Crippen molar-refractivity contribution in [3.05, 3.63) is 41.8 Å². The number of amides is 1. The molecule has 3 rings (SSSR count). The molecule has 0 aliphatic carbocycles. The van der Waals surface area contributed by atoms with Gasteiger partial charge in [-0.2, -0.15) is 4.98 Å². The number of pyridine rings is 1. The Morgan fingerprint density at radius 1 is 1.32 bits per heavy atom. The average Bonchev–Trinajstić information content (AvgIpc) is 3.00. The third-order valence-corrected chi connectivity index (χ3v) is 3.78. The summed E-state index contributed by atoms with van der Waals surface area (Å²) in [5.41, 5.74) is 0.559. The van der Waals surface area contributed by atoms with Crippen LogP contribution in [0.5, 0.6) is 0 Å². The average molecular weight is 302 g/mol. The molecular weight excluding hydrogens is 284 g/mol. The number of ether oxygens (including phenoxy) is 1. The van der Waals surface area contributed by atoms with E-state index in [4.69, 9.17) is 9.26 Å². The number of carbonyl (C=O) groups excluding carboxylic acids is 1. The van der Waals surface area contributed by atoms with Gasteiger partial charge in [0.15, 0.2) is 5.82 Å². The Bertz CT molecular complexity index is 623. The molecule has 3 heterocycles. The Kier molecular flexibility index (Phi) is 4.43. The summed E-state index contributed by atoms with van der Waals surface area (Å²) in [7, 11) is 0. The van der Waals surface area contributed by atoms with E-state index in [1.807, 2.05) is 0 Å². The lowest BCUT2D eigenvalue weighted by atomic mass is 9.91. The van der Waals surface area contributed by atoms with Gasteiger partial charge in [-0.3, -0.25) is 9.78 Å². The highest BCUT2D eigenvalue weighted by molar-refractivity contribution is 5.94. The fraction of sp³-hybridized carbons (Fsp3) is 0.467. The Balaban J connectivity index is 1.80. The first-order chi connectivity index (χ1) is 10.7. The summed E-state index contributed by atoms with van der Waals surface area (Å²) in [6, 6.07) is 3.05. The highest BCUT2D eigenvalue weighted by atomic mass is 16.5.